The van der Waals surface area contributed by atoms with Crippen LogP contribution >= 0.6 is 0 Å². The zero-order chi connectivity index (χ0) is 25.0. The van der Waals surface area contributed by atoms with Gasteiger partial charge in [-0.2, -0.15) is 0 Å². The molecule has 8 heteroatoms. The maximum absolute atomic E-state index is 15.3. The Morgan fingerprint density at radius 3 is 1.69 bits per heavy atom. The second kappa shape index (κ2) is 8.30. The molecule has 0 fully saturated rings. The van der Waals surface area contributed by atoms with Gasteiger partial charge in [-0.05, 0) is 52.7 Å². The fourth-order valence-electron chi connectivity index (χ4n) is 4.37. The average molecular weight is 486 g/mol. The van der Waals surface area contributed by atoms with Crippen LogP contribution in [0.3, 0.4) is 0 Å². The van der Waals surface area contributed by atoms with E-state index in [9.17, 15) is 13.2 Å². The van der Waals surface area contributed by atoms with E-state index in [2.05, 4.69) is 0 Å². The first-order valence-electron chi connectivity index (χ1n) is 10.2. The molecule has 0 aliphatic carbocycles. The van der Waals surface area contributed by atoms with E-state index in [4.69, 9.17) is 4.74 Å². The lowest BCUT2D eigenvalue weighted by Gasteiger charge is -2.19. The summed E-state index contributed by atoms with van der Waals surface area (Å²) in [7, 11) is 1.19. The van der Waals surface area contributed by atoms with Crippen molar-refractivity contribution in [2.75, 3.05) is 7.11 Å². The highest BCUT2D eigenvalue weighted by Gasteiger charge is 2.26. The van der Waals surface area contributed by atoms with Crippen LogP contribution in [0.4, 0.5) is 30.7 Å². The molecule has 5 aromatic carbocycles. The van der Waals surface area contributed by atoms with Gasteiger partial charge in [0.1, 0.15) is 34.8 Å². The Kier molecular flexibility index (Phi) is 5.39. The number of hydrogen-bond donors (Lipinski definition) is 0. The van der Waals surface area contributed by atoms with Gasteiger partial charge in [0.25, 0.3) is 0 Å². The largest absolute Gasteiger partial charge is 0.497 e. The molecule has 0 bridgehead atoms. The lowest BCUT2D eigenvalue weighted by atomic mass is 9.85. The number of fused-ring (bicyclic) bond motifs is 2. The Balaban J connectivity index is 2.08. The van der Waals surface area contributed by atoms with E-state index in [-0.39, 0.29) is 27.6 Å². The van der Waals surface area contributed by atoms with E-state index in [0.29, 0.717) is 0 Å². The van der Waals surface area contributed by atoms with Crippen LogP contribution in [0.25, 0.3) is 43.8 Å². The molecule has 35 heavy (non-hydrogen) atoms. The molecule has 0 amide bonds. The van der Waals surface area contributed by atoms with Crippen molar-refractivity contribution in [3.63, 3.8) is 0 Å². The molecule has 0 atom stereocenters. The van der Waals surface area contributed by atoms with Gasteiger partial charge in [0, 0.05) is 34.0 Å². The Bertz CT molecular complexity index is 1640. The quantitative estimate of drug-likeness (QED) is 0.184. The summed E-state index contributed by atoms with van der Waals surface area (Å²) in [6.07, 6.45) is 0. The van der Waals surface area contributed by atoms with Gasteiger partial charge in [0.15, 0.2) is 11.6 Å². The van der Waals surface area contributed by atoms with Crippen LogP contribution in [0, 0.1) is 40.7 Å². The van der Waals surface area contributed by atoms with Crippen molar-refractivity contribution in [1.82, 2.24) is 0 Å². The van der Waals surface area contributed by atoms with Crippen LogP contribution in [0.15, 0.2) is 60.7 Å². The standard InChI is InChI=1S/C27H13F7O/c1-35-14-10-21(33)25(22(34)11-14)24-16-9-13(28)3-4-15(16)23(12-2-5-17(29)20(32)8-12)26-18(30)6-7-19(31)27(24)26/h2-11H,1H3. The molecule has 5 rings (SSSR count). The van der Waals surface area contributed by atoms with Crippen LogP contribution in [-0.2, 0) is 0 Å². The van der Waals surface area contributed by atoms with Crippen LogP contribution in [0.5, 0.6) is 5.75 Å². The topological polar surface area (TPSA) is 9.23 Å². The average Bonchev–Trinajstić information content (AvgIpc) is 2.82. The predicted octanol–water partition coefficient (Wildman–Crippen LogP) is 8.31. The highest BCUT2D eigenvalue weighted by Crippen LogP contribution is 2.47. The highest BCUT2D eigenvalue weighted by atomic mass is 19.2. The lowest BCUT2D eigenvalue weighted by molar-refractivity contribution is 0.407. The Morgan fingerprint density at radius 2 is 1.09 bits per heavy atom. The van der Waals surface area contributed by atoms with Crippen LogP contribution in [0.2, 0.25) is 0 Å². The number of halogens is 7. The third kappa shape index (κ3) is 3.56. The number of methoxy groups -OCH3 is 1. The van der Waals surface area contributed by atoms with Crippen LogP contribution in [-0.4, -0.2) is 7.11 Å². The van der Waals surface area contributed by atoms with Gasteiger partial charge in [0.05, 0.1) is 12.7 Å². The lowest BCUT2D eigenvalue weighted by Crippen LogP contribution is -2.00. The van der Waals surface area contributed by atoms with Crippen molar-refractivity contribution >= 4 is 21.5 Å². The SMILES string of the molecule is COc1cc(F)c(-c2c3cc(F)ccc3c(-c3ccc(F)c(F)c3)c3c(F)ccc(F)c23)c(F)c1. The normalized spacial score (nSPS) is 11.4. The van der Waals surface area contributed by atoms with Gasteiger partial charge in [0.2, 0.25) is 0 Å². The summed E-state index contributed by atoms with van der Waals surface area (Å²) in [5.74, 6) is -7.74. The van der Waals surface area contributed by atoms with Gasteiger partial charge < -0.3 is 4.74 Å². The van der Waals surface area contributed by atoms with Crippen molar-refractivity contribution < 1.29 is 35.5 Å². The van der Waals surface area contributed by atoms with Gasteiger partial charge in [-0.25, -0.2) is 30.7 Å². The predicted molar refractivity (Wildman–Crippen MR) is 119 cm³/mol. The van der Waals surface area contributed by atoms with E-state index in [1.165, 1.54) is 13.2 Å². The number of benzene rings is 5. The number of hydrogen-bond acceptors (Lipinski definition) is 1. The van der Waals surface area contributed by atoms with Crippen molar-refractivity contribution in [1.29, 1.82) is 0 Å². The number of rotatable bonds is 3. The smallest absolute Gasteiger partial charge is 0.159 e. The van der Waals surface area contributed by atoms with Crippen molar-refractivity contribution in [3.8, 4) is 28.0 Å². The van der Waals surface area contributed by atoms with Crippen molar-refractivity contribution in [2.24, 2.45) is 0 Å². The molecule has 5 aromatic rings. The zero-order valence-corrected chi connectivity index (χ0v) is 17.8. The Morgan fingerprint density at radius 1 is 0.486 bits per heavy atom. The number of ether oxygens (including phenoxy) is 1. The minimum absolute atomic E-state index is 0.0408. The first-order valence-corrected chi connectivity index (χ1v) is 10.2. The molecule has 0 aromatic heterocycles. The summed E-state index contributed by atoms with van der Waals surface area (Å²) < 4.78 is 108. The highest BCUT2D eigenvalue weighted by molar-refractivity contribution is 6.21. The van der Waals surface area contributed by atoms with Crippen LogP contribution in [0.1, 0.15) is 0 Å². The van der Waals surface area contributed by atoms with Gasteiger partial charge in [-0.1, -0.05) is 12.1 Å². The van der Waals surface area contributed by atoms with Gasteiger partial charge >= 0.3 is 0 Å². The molecule has 0 unspecified atom stereocenters. The first-order chi connectivity index (χ1) is 16.7. The molecule has 0 saturated heterocycles. The molecule has 0 heterocycles. The third-order valence-electron chi connectivity index (χ3n) is 5.83. The van der Waals surface area contributed by atoms with Gasteiger partial charge in [-0.15, -0.1) is 0 Å². The van der Waals surface area contributed by atoms with E-state index < -0.39 is 62.6 Å². The van der Waals surface area contributed by atoms with Gasteiger partial charge in [-0.3, -0.25) is 0 Å². The second-order valence-corrected chi connectivity index (χ2v) is 7.81. The van der Waals surface area contributed by atoms with E-state index >= 15 is 17.6 Å². The van der Waals surface area contributed by atoms with E-state index in [1.54, 1.807) is 0 Å². The summed E-state index contributed by atoms with van der Waals surface area (Å²) in [4.78, 5) is 0. The Labute approximate surface area is 194 Å². The first kappa shape index (κ1) is 22.7. The molecule has 1 nitrogen and oxygen atoms in total. The van der Waals surface area contributed by atoms with E-state index in [0.717, 1.165) is 54.6 Å². The summed E-state index contributed by atoms with van der Waals surface area (Å²) in [6.45, 7) is 0. The molecule has 0 N–H and O–H groups in total. The molecule has 0 aliphatic rings. The summed E-state index contributed by atoms with van der Waals surface area (Å²) in [6, 6.07) is 9.15. The monoisotopic (exact) mass is 486 g/mol. The fourth-order valence-corrected chi connectivity index (χ4v) is 4.37. The Hall–Kier alpha value is -4.07. The van der Waals surface area contributed by atoms with E-state index in [1.807, 2.05) is 0 Å². The minimum Gasteiger partial charge on any atom is -0.497 e. The zero-order valence-electron chi connectivity index (χ0n) is 17.8. The van der Waals surface area contributed by atoms with Crippen molar-refractivity contribution in [2.45, 2.75) is 0 Å². The maximum Gasteiger partial charge on any atom is 0.159 e. The summed E-state index contributed by atoms with van der Waals surface area (Å²) >= 11 is 0. The summed E-state index contributed by atoms with van der Waals surface area (Å²) in [5, 5.41) is -1.10. The molecule has 0 saturated carbocycles. The minimum atomic E-state index is -1.25. The molecule has 0 aliphatic heterocycles. The third-order valence-corrected chi connectivity index (χ3v) is 5.83. The van der Waals surface area contributed by atoms with Crippen LogP contribution < -0.4 is 4.74 Å². The molecule has 0 radical (unpaired) electrons. The van der Waals surface area contributed by atoms with Crippen molar-refractivity contribution in [3.05, 3.63) is 101 Å². The fraction of sp³-hybridized carbons (Fsp3) is 0.0370. The molecule has 0 spiro atoms. The molecular weight excluding hydrogens is 473 g/mol. The second-order valence-electron chi connectivity index (χ2n) is 7.81. The summed E-state index contributed by atoms with van der Waals surface area (Å²) in [5.41, 5.74) is -1.30. The molecule has 176 valence electrons. The molecular formula is C27H13F7O. The maximum atomic E-state index is 15.3.